The van der Waals surface area contributed by atoms with Gasteiger partial charge in [0.1, 0.15) is 12.3 Å². The van der Waals surface area contributed by atoms with Gasteiger partial charge in [-0.05, 0) is 48.4 Å². The zero-order chi connectivity index (χ0) is 15.8. The first-order valence-corrected chi connectivity index (χ1v) is 8.36. The van der Waals surface area contributed by atoms with E-state index in [4.69, 9.17) is 14.7 Å². The van der Waals surface area contributed by atoms with Gasteiger partial charge in [-0.2, -0.15) is 0 Å². The van der Waals surface area contributed by atoms with Gasteiger partial charge in [-0.25, -0.2) is 9.98 Å². The van der Waals surface area contributed by atoms with Gasteiger partial charge in [-0.15, -0.1) is 0 Å². The summed E-state index contributed by atoms with van der Waals surface area (Å²) < 4.78 is 5.80. The second-order valence-corrected chi connectivity index (χ2v) is 6.74. The van der Waals surface area contributed by atoms with E-state index in [2.05, 4.69) is 31.0 Å². The summed E-state index contributed by atoms with van der Waals surface area (Å²) in [4.78, 5) is 14.1. The van der Waals surface area contributed by atoms with Gasteiger partial charge in [-0.1, -0.05) is 26.0 Å². The predicted molar refractivity (Wildman–Crippen MR) is 90.6 cm³/mol. The molecule has 1 aliphatic carbocycles. The lowest BCUT2D eigenvalue weighted by atomic mass is 9.92. The average Bonchev–Trinajstić information content (AvgIpc) is 3.02. The Hall–Kier alpha value is -2.23. The fraction of sp³-hybridized carbons (Fsp3) is 0.421. The molecule has 3 heterocycles. The van der Waals surface area contributed by atoms with Gasteiger partial charge >= 0.3 is 0 Å². The predicted octanol–water partition coefficient (Wildman–Crippen LogP) is 3.43. The minimum atomic E-state index is 0.258. The van der Waals surface area contributed by atoms with E-state index in [9.17, 15) is 0 Å². The molecule has 0 bridgehead atoms. The Bertz CT molecular complexity index is 767. The van der Waals surface area contributed by atoms with Gasteiger partial charge in [0.25, 0.3) is 0 Å². The van der Waals surface area contributed by atoms with Crippen molar-refractivity contribution in [2.75, 3.05) is 6.61 Å². The summed E-state index contributed by atoms with van der Waals surface area (Å²) in [6, 6.07) is 8.57. The summed E-state index contributed by atoms with van der Waals surface area (Å²) >= 11 is 0. The van der Waals surface area contributed by atoms with Crippen molar-refractivity contribution in [3.05, 3.63) is 47.3 Å². The summed E-state index contributed by atoms with van der Waals surface area (Å²) in [7, 11) is 0. The molecule has 1 atom stereocenters. The Morgan fingerprint density at radius 3 is 2.78 bits per heavy atom. The first kappa shape index (κ1) is 14.4. The lowest BCUT2D eigenvalue weighted by Gasteiger charge is -2.18. The van der Waals surface area contributed by atoms with E-state index in [1.165, 1.54) is 11.1 Å². The summed E-state index contributed by atoms with van der Waals surface area (Å²) in [5.74, 6) is 1.31. The van der Waals surface area contributed by atoms with Crippen LogP contribution >= 0.6 is 0 Å². The van der Waals surface area contributed by atoms with Gasteiger partial charge in [0.2, 0.25) is 5.90 Å². The van der Waals surface area contributed by atoms with Gasteiger partial charge in [-0.3, -0.25) is 4.98 Å². The van der Waals surface area contributed by atoms with Crippen molar-refractivity contribution in [3.63, 3.8) is 0 Å². The molecule has 0 spiro atoms. The molecule has 0 saturated heterocycles. The standard InChI is InChI=1S/C19H21N3O/c1-12(2)10-15-11-23-19(21-15)16-8-7-14-6-5-13-4-3-9-20-17(13)18(14)22-16/h3-4,7-9,12,15H,5-6,10-11H2,1-2H3/t15-/m0/s1. The fourth-order valence-corrected chi connectivity index (χ4v) is 3.36. The summed E-state index contributed by atoms with van der Waals surface area (Å²) in [6.07, 6.45) is 4.94. The molecular formula is C19H21N3O. The molecule has 2 aromatic rings. The Morgan fingerprint density at radius 2 is 1.96 bits per heavy atom. The largest absolute Gasteiger partial charge is 0.474 e. The molecule has 0 saturated carbocycles. The van der Waals surface area contributed by atoms with E-state index < -0.39 is 0 Å². The van der Waals surface area contributed by atoms with Crippen LogP contribution in [0.5, 0.6) is 0 Å². The number of aliphatic imine (C=N–C) groups is 1. The van der Waals surface area contributed by atoms with Crippen molar-refractivity contribution in [1.82, 2.24) is 9.97 Å². The zero-order valence-electron chi connectivity index (χ0n) is 13.6. The summed E-state index contributed by atoms with van der Waals surface area (Å²) in [5.41, 5.74) is 5.36. The lowest BCUT2D eigenvalue weighted by molar-refractivity contribution is 0.301. The average molecular weight is 307 g/mol. The van der Waals surface area contributed by atoms with Crippen molar-refractivity contribution < 1.29 is 4.74 Å². The molecule has 0 radical (unpaired) electrons. The summed E-state index contributed by atoms with van der Waals surface area (Å²) in [5, 5.41) is 0. The van der Waals surface area contributed by atoms with Gasteiger partial charge in [0.15, 0.2) is 0 Å². The highest BCUT2D eigenvalue weighted by molar-refractivity contribution is 5.94. The number of rotatable bonds is 3. The summed E-state index contributed by atoms with van der Waals surface area (Å²) in [6.45, 7) is 5.10. The SMILES string of the molecule is CC(C)C[C@H]1COC(c2ccc3c(n2)-c2ncccc2CC3)=N1. The highest BCUT2D eigenvalue weighted by Crippen LogP contribution is 2.30. The van der Waals surface area contributed by atoms with E-state index in [1.807, 2.05) is 18.3 Å². The van der Waals surface area contributed by atoms with Crippen LogP contribution in [-0.4, -0.2) is 28.5 Å². The zero-order valence-corrected chi connectivity index (χ0v) is 13.6. The van der Waals surface area contributed by atoms with Crippen LogP contribution in [0.4, 0.5) is 0 Å². The maximum absolute atomic E-state index is 5.80. The minimum Gasteiger partial charge on any atom is -0.474 e. The maximum atomic E-state index is 5.80. The second-order valence-electron chi connectivity index (χ2n) is 6.74. The molecule has 0 amide bonds. The van der Waals surface area contributed by atoms with Crippen LogP contribution in [0.15, 0.2) is 35.5 Å². The molecular weight excluding hydrogens is 286 g/mol. The maximum Gasteiger partial charge on any atom is 0.235 e. The molecule has 4 heteroatoms. The number of hydrogen-bond acceptors (Lipinski definition) is 4. The van der Waals surface area contributed by atoms with E-state index in [0.717, 1.165) is 36.3 Å². The number of aromatic nitrogens is 2. The Balaban J connectivity index is 1.69. The first-order valence-electron chi connectivity index (χ1n) is 8.36. The van der Waals surface area contributed by atoms with Crippen LogP contribution in [0, 0.1) is 5.92 Å². The number of ether oxygens (including phenoxy) is 1. The topological polar surface area (TPSA) is 47.4 Å². The molecule has 0 fully saturated rings. The van der Waals surface area contributed by atoms with Crippen LogP contribution in [0.1, 0.15) is 37.1 Å². The third-order valence-electron chi connectivity index (χ3n) is 4.43. The van der Waals surface area contributed by atoms with Crippen molar-refractivity contribution >= 4 is 5.90 Å². The third-order valence-corrected chi connectivity index (χ3v) is 4.43. The van der Waals surface area contributed by atoms with Gasteiger partial charge < -0.3 is 4.74 Å². The van der Waals surface area contributed by atoms with E-state index in [1.54, 1.807) is 0 Å². The van der Waals surface area contributed by atoms with Crippen molar-refractivity contribution in [1.29, 1.82) is 0 Å². The van der Waals surface area contributed by atoms with E-state index >= 15 is 0 Å². The highest BCUT2D eigenvalue weighted by Gasteiger charge is 2.24. The number of fused-ring (bicyclic) bond motifs is 3. The first-order chi connectivity index (χ1) is 11.2. The fourth-order valence-electron chi connectivity index (χ4n) is 3.36. The molecule has 0 aromatic carbocycles. The normalized spacial score (nSPS) is 19.1. The van der Waals surface area contributed by atoms with Crippen molar-refractivity contribution in [2.45, 2.75) is 39.2 Å². The van der Waals surface area contributed by atoms with Crippen LogP contribution in [0.2, 0.25) is 0 Å². The number of nitrogens with zero attached hydrogens (tertiary/aromatic N) is 3. The second kappa shape index (κ2) is 5.76. The molecule has 118 valence electrons. The van der Waals surface area contributed by atoms with Crippen LogP contribution < -0.4 is 0 Å². The lowest BCUT2D eigenvalue weighted by Crippen LogP contribution is -2.11. The minimum absolute atomic E-state index is 0.258. The van der Waals surface area contributed by atoms with Crippen molar-refractivity contribution in [2.24, 2.45) is 10.9 Å². The highest BCUT2D eigenvalue weighted by atomic mass is 16.5. The van der Waals surface area contributed by atoms with Gasteiger partial charge in [0, 0.05) is 6.20 Å². The smallest absolute Gasteiger partial charge is 0.235 e. The van der Waals surface area contributed by atoms with Crippen LogP contribution in [0.25, 0.3) is 11.4 Å². The number of pyridine rings is 2. The molecule has 23 heavy (non-hydrogen) atoms. The monoisotopic (exact) mass is 307 g/mol. The van der Waals surface area contributed by atoms with Crippen LogP contribution in [-0.2, 0) is 17.6 Å². The number of hydrogen-bond donors (Lipinski definition) is 0. The quantitative estimate of drug-likeness (QED) is 0.872. The molecule has 1 aliphatic heterocycles. The molecule has 0 unspecified atom stereocenters. The molecule has 0 N–H and O–H groups in total. The molecule has 2 aliphatic rings. The Morgan fingerprint density at radius 1 is 1.13 bits per heavy atom. The molecule has 2 aromatic heterocycles. The Kier molecular flexibility index (Phi) is 3.60. The molecule has 4 nitrogen and oxygen atoms in total. The van der Waals surface area contributed by atoms with E-state index in [-0.39, 0.29) is 6.04 Å². The van der Waals surface area contributed by atoms with Crippen LogP contribution in [0.3, 0.4) is 0 Å². The van der Waals surface area contributed by atoms with Gasteiger partial charge in [0.05, 0.1) is 17.4 Å². The van der Waals surface area contributed by atoms with Crippen molar-refractivity contribution in [3.8, 4) is 11.4 Å². The van der Waals surface area contributed by atoms with E-state index in [0.29, 0.717) is 18.4 Å². The Labute approximate surface area is 136 Å². The third kappa shape index (κ3) is 2.74. The molecule has 4 rings (SSSR count). The number of aryl methyl sites for hydroxylation is 2.